The van der Waals surface area contributed by atoms with Crippen molar-refractivity contribution in [3.8, 4) is 0 Å². The van der Waals surface area contributed by atoms with E-state index in [1.54, 1.807) is 5.57 Å². The smallest absolute Gasteiger partial charge is 0.157 e. The van der Waals surface area contributed by atoms with Gasteiger partial charge in [0, 0.05) is 5.41 Å². The standard InChI is InChI=1S/C18H28O2/c19-17(20)18-10-3-6-16(18)15-8-7-12-4-1-2-5-13(12)14(15)9-11-18/h4,13-17,19-20H,1-3,5-11H2/t13-,14+,15+,16-,18+/m0/s1. The molecular formula is C18H28O2. The lowest BCUT2D eigenvalue weighted by molar-refractivity contribution is -0.184. The molecule has 0 bridgehead atoms. The predicted molar refractivity (Wildman–Crippen MR) is 78.9 cm³/mol. The van der Waals surface area contributed by atoms with Crippen molar-refractivity contribution in [2.75, 3.05) is 0 Å². The summed E-state index contributed by atoms with van der Waals surface area (Å²) in [5.41, 5.74) is 1.62. The number of allylic oxidation sites excluding steroid dienone is 2. The van der Waals surface area contributed by atoms with Crippen molar-refractivity contribution < 1.29 is 10.2 Å². The van der Waals surface area contributed by atoms with Crippen LogP contribution < -0.4 is 0 Å². The molecular weight excluding hydrogens is 248 g/mol. The summed E-state index contributed by atoms with van der Waals surface area (Å²) in [4.78, 5) is 0. The third kappa shape index (κ3) is 1.77. The van der Waals surface area contributed by atoms with E-state index in [1.165, 1.54) is 51.4 Å². The summed E-state index contributed by atoms with van der Waals surface area (Å²) in [6.07, 6.45) is 13.9. The van der Waals surface area contributed by atoms with Crippen LogP contribution in [0.15, 0.2) is 11.6 Å². The normalized spacial score (nSPS) is 47.5. The SMILES string of the molecule is OC(O)[C@@]12CCC[C@H]1[C@@H]1CCC3=CCCC[C@@H]3[C@H]1CC2. The summed E-state index contributed by atoms with van der Waals surface area (Å²) in [7, 11) is 0. The topological polar surface area (TPSA) is 40.5 Å². The molecule has 0 heterocycles. The van der Waals surface area contributed by atoms with Crippen LogP contribution in [0.3, 0.4) is 0 Å². The Balaban J connectivity index is 1.63. The number of hydrogen-bond acceptors (Lipinski definition) is 2. The van der Waals surface area contributed by atoms with Crippen molar-refractivity contribution in [2.24, 2.45) is 29.1 Å². The fourth-order valence-corrected chi connectivity index (χ4v) is 6.46. The molecule has 0 aromatic rings. The maximum absolute atomic E-state index is 10.0. The molecule has 4 rings (SSSR count). The Kier molecular flexibility index (Phi) is 3.23. The van der Waals surface area contributed by atoms with E-state index in [4.69, 9.17) is 0 Å². The van der Waals surface area contributed by atoms with Gasteiger partial charge < -0.3 is 10.2 Å². The van der Waals surface area contributed by atoms with E-state index in [0.717, 1.165) is 30.6 Å². The van der Waals surface area contributed by atoms with Crippen molar-refractivity contribution in [3.05, 3.63) is 11.6 Å². The molecule has 2 N–H and O–H groups in total. The number of aliphatic hydroxyl groups is 2. The minimum absolute atomic E-state index is 0.142. The minimum atomic E-state index is -1.08. The van der Waals surface area contributed by atoms with Gasteiger partial charge in [0.1, 0.15) is 0 Å². The molecule has 2 nitrogen and oxygen atoms in total. The van der Waals surface area contributed by atoms with Crippen LogP contribution in [0.1, 0.15) is 64.2 Å². The Labute approximate surface area is 122 Å². The van der Waals surface area contributed by atoms with Crippen LogP contribution in [-0.4, -0.2) is 16.5 Å². The van der Waals surface area contributed by atoms with Crippen LogP contribution in [-0.2, 0) is 0 Å². The molecule has 0 aliphatic heterocycles. The van der Waals surface area contributed by atoms with Crippen LogP contribution in [0, 0.1) is 29.1 Å². The molecule has 3 fully saturated rings. The molecule has 0 radical (unpaired) electrons. The van der Waals surface area contributed by atoms with E-state index < -0.39 is 6.29 Å². The molecule has 0 amide bonds. The summed E-state index contributed by atoms with van der Waals surface area (Å²) < 4.78 is 0. The van der Waals surface area contributed by atoms with E-state index in [0.29, 0.717) is 5.92 Å². The molecule has 112 valence electrons. The van der Waals surface area contributed by atoms with Crippen LogP contribution in [0.4, 0.5) is 0 Å². The highest BCUT2D eigenvalue weighted by molar-refractivity contribution is 5.18. The monoisotopic (exact) mass is 276 g/mol. The molecule has 4 aliphatic carbocycles. The molecule has 5 atom stereocenters. The van der Waals surface area contributed by atoms with Crippen molar-refractivity contribution in [3.63, 3.8) is 0 Å². The summed E-state index contributed by atoms with van der Waals surface area (Å²) in [6.45, 7) is 0. The average molecular weight is 276 g/mol. The quantitative estimate of drug-likeness (QED) is 0.567. The van der Waals surface area contributed by atoms with E-state index in [1.807, 2.05) is 0 Å². The maximum atomic E-state index is 10.0. The molecule has 0 aromatic carbocycles. The first-order valence-corrected chi connectivity index (χ1v) is 8.77. The molecule has 2 heteroatoms. The van der Waals surface area contributed by atoms with Gasteiger partial charge in [-0.3, -0.25) is 0 Å². The maximum Gasteiger partial charge on any atom is 0.157 e. The third-order valence-electron chi connectivity index (χ3n) is 7.31. The Bertz CT molecular complexity index is 414. The zero-order valence-corrected chi connectivity index (χ0v) is 12.4. The zero-order valence-electron chi connectivity index (χ0n) is 12.4. The van der Waals surface area contributed by atoms with Gasteiger partial charge >= 0.3 is 0 Å². The summed E-state index contributed by atoms with van der Waals surface area (Å²) >= 11 is 0. The summed E-state index contributed by atoms with van der Waals surface area (Å²) in [5.74, 6) is 3.06. The van der Waals surface area contributed by atoms with Gasteiger partial charge in [-0.15, -0.1) is 0 Å². The molecule has 0 spiro atoms. The minimum Gasteiger partial charge on any atom is -0.368 e. The lowest BCUT2D eigenvalue weighted by Gasteiger charge is -2.54. The van der Waals surface area contributed by atoms with Crippen molar-refractivity contribution >= 4 is 0 Å². The molecule has 0 aromatic heterocycles. The Hall–Kier alpha value is -0.340. The van der Waals surface area contributed by atoms with Crippen LogP contribution >= 0.6 is 0 Å². The van der Waals surface area contributed by atoms with E-state index >= 15 is 0 Å². The van der Waals surface area contributed by atoms with Gasteiger partial charge in [-0.05, 0) is 81.5 Å². The fourth-order valence-electron chi connectivity index (χ4n) is 6.46. The lowest BCUT2D eigenvalue weighted by atomic mass is 9.52. The Morgan fingerprint density at radius 1 is 1.00 bits per heavy atom. The van der Waals surface area contributed by atoms with Gasteiger partial charge in [-0.2, -0.15) is 0 Å². The van der Waals surface area contributed by atoms with Gasteiger partial charge in [0.2, 0.25) is 0 Å². The van der Waals surface area contributed by atoms with Crippen LogP contribution in [0.2, 0.25) is 0 Å². The Morgan fingerprint density at radius 2 is 1.90 bits per heavy atom. The van der Waals surface area contributed by atoms with Gasteiger partial charge in [0.05, 0.1) is 0 Å². The average Bonchev–Trinajstić information content (AvgIpc) is 2.92. The largest absolute Gasteiger partial charge is 0.368 e. The molecule has 0 unspecified atom stereocenters. The highest BCUT2D eigenvalue weighted by Gasteiger charge is 2.56. The van der Waals surface area contributed by atoms with E-state index in [9.17, 15) is 10.2 Å². The van der Waals surface area contributed by atoms with Gasteiger partial charge in [-0.25, -0.2) is 0 Å². The predicted octanol–water partition coefficient (Wildman–Crippen LogP) is 3.63. The third-order valence-corrected chi connectivity index (χ3v) is 7.31. The van der Waals surface area contributed by atoms with Gasteiger partial charge in [0.15, 0.2) is 6.29 Å². The first kappa shape index (κ1) is 13.3. The fraction of sp³-hybridized carbons (Fsp3) is 0.889. The summed E-state index contributed by atoms with van der Waals surface area (Å²) in [6, 6.07) is 0. The van der Waals surface area contributed by atoms with Crippen LogP contribution in [0.5, 0.6) is 0 Å². The number of aliphatic hydroxyl groups excluding tert-OH is 1. The van der Waals surface area contributed by atoms with Crippen molar-refractivity contribution in [2.45, 2.75) is 70.5 Å². The van der Waals surface area contributed by atoms with E-state index in [-0.39, 0.29) is 5.41 Å². The lowest BCUT2D eigenvalue weighted by Crippen LogP contribution is -2.50. The van der Waals surface area contributed by atoms with Crippen LogP contribution in [0.25, 0.3) is 0 Å². The first-order chi connectivity index (χ1) is 9.72. The van der Waals surface area contributed by atoms with E-state index in [2.05, 4.69) is 6.08 Å². The molecule has 4 aliphatic rings. The van der Waals surface area contributed by atoms with Crippen molar-refractivity contribution in [1.29, 1.82) is 0 Å². The highest BCUT2D eigenvalue weighted by atomic mass is 16.5. The number of rotatable bonds is 1. The Morgan fingerprint density at radius 3 is 2.75 bits per heavy atom. The second kappa shape index (κ2) is 4.84. The van der Waals surface area contributed by atoms with Crippen molar-refractivity contribution in [1.82, 2.24) is 0 Å². The molecule has 0 saturated heterocycles. The van der Waals surface area contributed by atoms with Gasteiger partial charge in [0.25, 0.3) is 0 Å². The zero-order chi connectivity index (χ0) is 13.7. The van der Waals surface area contributed by atoms with Gasteiger partial charge in [-0.1, -0.05) is 18.1 Å². The first-order valence-electron chi connectivity index (χ1n) is 8.77. The highest BCUT2D eigenvalue weighted by Crippen LogP contribution is 2.62. The second-order valence-corrected chi connectivity index (χ2v) is 7.83. The number of fused-ring (bicyclic) bond motifs is 5. The molecule has 3 saturated carbocycles. The number of hydrogen-bond donors (Lipinski definition) is 2. The second-order valence-electron chi connectivity index (χ2n) is 7.83. The molecule has 20 heavy (non-hydrogen) atoms. The summed E-state index contributed by atoms with van der Waals surface area (Å²) in [5, 5.41) is 20.0.